The van der Waals surface area contributed by atoms with E-state index in [2.05, 4.69) is 18.2 Å². The van der Waals surface area contributed by atoms with Crippen LogP contribution in [0.15, 0.2) is 42.6 Å². The summed E-state index contributed by atoms with van der Waals surface area (Å²) in [6.07, 6.45) is 3.90. The quantitative estimate of drug-likeness (QED) is 0.703. The van der Waals surface area contributed by atoms with Gasteiger partial charge in [0.05, 0.1) is 5.56 Å². The van der Waals surface area contributed by atoms with Crippen LogP contribution in [-0.2, 0) is 28.9 Å². The molecule has 144 valence electrons. The molecule has 0 bridgehead atoms. The number of nitrogens with zero attached hydrogens (tertiary/aromatic N) is 1. The zero-order valence-corrected chi connectivity index (χ0v) is 16.4. The Hall–Kier alpha value is -3.08. The standard InChI is InChI=1S/C23H24N2O3/c1-23(2,3)28-21(26)13-25-12-19(22(24)27)18-11-17(8-9-20(18)25)16-7-5-14-4-6-15(14)10-16/h5,7-12H,4,6,13H2,1-3H3,(H2,24,27). The van der Waals surface area contributed by atoms with Gasteiger partial charge < -0.3 is 15.0 Å². The highest BCUT2D eigenvalue weighted by atomic mass is 16.6. The molecule has 2 N–H and O–H groups in total. The summed E-state index contributed by atoms with van der Waals surface area (Å²) in [5, 5.41) is 0.747. The average Bonchev–Trinajstić information content (AvgIpc) is 2.92. The van der Waals surface area contributed by atoms with Gasteiger partial charge >= 0.3 is 5.97 Å². The molecule has 0 atom stereocenters. The zero-order valence-electron chi connectivity index (χ0n) is 16.4. The van der Waals surface area contributed by atoms with Crippen LogP contribution < -0.4 is 5.73 Å². The molecule has 0 aliphatic heterocycles. The van der Waals surface area contributed by atoms with Crippen LogP contribution in [0.1, 0.15) is 42.3 Å². The predicted molar refractivity (Wildman–Crippen MR) is 109 cm³/mol. The van der Waals surface area contributed by atoms with Gasteiger partial charge in [0.2, 0.25) is 0 Å². The number of carbonyl (C=O) groups excluding carboxylic acids is 2. The molecule has 2 aromatic carbocycles. The summed E-state index contributed by atoms with van der Waals surface area (Å²) in [6.45, 7) is 5.51. The second-order valence-corrected chi connectivity index (χ2v) is 8.34. The van der Waals surface area contributed by atoms with E-state index in [1.165, 1.54) is 11.1 Å². The smallest absolute Gasteiger partial charge is 0.326 e. The van der Waals surface area contributed by atoms with Crippen LogP contribution in [0.5, 0.6) is 0 Å². The van der Waals surface area contributed by atoms with E-state index in [4.69, 9.17) is 10.5 Å². The maximum Gasteiger partial charge on any atom is 0.326 e. The second kappa shape index (κ2) is 6.51. The van der Waals surface area contributed by atoms with E-state index in [-0.39, 0.29) is 12.5 Å². The second-order valence-electron chi connectivity index (χ2n) is 8.34. The Bertz CT molecular complexity index is 1100. The molecule has 4 rings (SSSR count). The fraction of sp³-hybridized carbons (Fsp3) is 0.304. The molecule has 5 heteroatoms. The number of aromatic nitrogens is 1. The molecule has 1 aliphatic rings. The summed E-state index contributed by atoms with van der Waals surface area (Å²) in [7, 11) is 0. The number of nitrogens with two attached hydrogens (primary N) is 1. The van der Waals surface area contributed by atoms with Crippen LogP contribution in [0.4, 0.5) is 0 Å². The molecular weight excluding hydrogens is 352 g/mol. The van der Waals surface area contributed by atoms with Gasteiger partial charge in [-0.15, -0.1) is 0 Å². The van der Waals surface area contributed by atoms with Gasteiger partial charge in [-0.05, 0) is 68.0 Å². The van der Waals surface area contributed by atoms with Crippen molar-refractivity contribution < 1.29 is 14.3 Å². The van der Waals surface area contributed by atoms with Gasteiger partial charge in [-0.3, -0.25) is 9.59 Å². The van der Waals surface area contributed by atoms with Gasteiger partial charge in [-0.1, -0.05) is 24.3 Å². The van der Waals surface area contributed by atoms with Crippen LogP contribution in [0.2, 0.25) is 0 Å². The molecule has 0 saturated heterocycles. The molecule has 1 heterocycles. The van der Waals surface area contributed by atoms with Gasteiger partial charge in [-0.25, -0.2) is 0 Å². The van der Waals surface area contributed by atoms with E-state index in [0.717, 1.165) is 34.9 Å². The minimum atomic E-state index is -0.561. The number of amides is 1. The Morgan fingerprint density at radius 3 is 2.32 bits per heavy atom. The highest BCUT2D eigenvalue weighted by Crippen LogP contribution is 2.32. The van der Waals surface area contributed by atoms with Crippen molar-refractivity contribution in [3.8, 4) is 11.1 Å². The number of hydrogen-bond donors (Lipinski definition) is 1. The van der Waals surface area contributed by atoms with Crippen LogP contribution in [0.25, 0.3) is 22.0 Å². The van der Waals surface area contributed by atoms with Crippen LogP contribution in [0, 0.1) is 0 Å². The van der Waals surface area contributed by atoms with E-state index in [1.807, 2.05) is 39.0 Å². The molecule has 1 aliphatic carbocycles. The van der Waals surface area contributed by atoms with Crippen molar-refractivity contribution in [3.63, 3.8) is 0 Å². The molecule has 0 saturated carbocycles. The molecule has 0 spiro atoms. The Labute approximate surface area is 164 Å². The molecule has 0 fully saturated rings. The third-order valence-electron chi connectivity index (χ3n) is 5.07. The first-order valence-electron chi connectivity index (χ1n) is 9.48. The lowest BCUT2D eigenvalue weighted by Gasteiger charge is -2.20. The lowest BCUT2D eigenvalue weighted by Crippen LogP contribution is -2.26. The number of hydrogen-bond acceptors (Lipinski definition) is 3. The zero-order chi connectivity index (χ0) is 20.1. The Kier molecular flexibility index (Phi) is 4.26. The summed E-state index contributed by atoms with van der Waals surface area (Å²) in [4.78, 5) is 24.2. The monoisotopic (exact) mass is 376 g/mol. The molecule has 1 amide bonds. The number of esters is 1. The fourth-order valence-electron chi connectivity index (χ4n) is 3.69. The van der Waals surface area contributed by atoms with Crippen molar-refractivity contribution >= 4 is 22.8 Å². The van der Waals surface area contributed by atoms with Gasteiger partial charge in [0.25, 0.3) is 5.91 Å². The number of carbonyl (C=O) groups is 2. The van der Waals surface area contributed by atoms with E-state index < -0.39 is 11.5 Å². The van der Waals surface area contributed by atoms with Gasteiger partial charge in [0.15, 0.2) is 0 Å². The number of primary amides is 1. The van der Waals surface area contributed by atoms with Gasteiger partial charge in [-0.2, -0.15) is 0 Å². The number of benzene rings is 2. The van der Waals surface area contributed by atoms with Crippen molar-refractivity contribution in [1.82, 2.24) is 4.57 Å². The molecule has 1 aromatic heterocycles. The third-order valence-corrected chi connectivity index (χ3v) is 5.07. The third kappa shape index (κ3) is 3.40. The molecule has 3 aromatic rings. The van der Waals surface area contributed by atoms with E-state index in [9.17, 15) is 9.59 Å². The average molecular weight is 376 g/mol. The molecule has 28 heavy (non-hydrogen) atoms. The van der Waals surface area contributed by atoms with Crippen molar-refractivity contribution in [2.75, 3.05) is 0 Å². The maximum absolute atomic E-state index is 12.3. The summed E-state index contributed by atoms with van der Waals surface area (Å²) in [6, 6.07) is 12.4. The largest absolute Gasteiger partial charge is 0.459 e. The summed E-state index contributed by atoms with van der Waals surface area (Å²) in [5.74, 6) is -0.867. The van der Waals surface area contributed by atoms with Crippen molar-refractivity contribution in [2.24, 2.45) is 5.73 Å². The highest BCUT2D eigenvalue weighted by Gasteiger charge is 2.20. The van der Waals surface area contributed by atoms with E-state index in [0.29, 0.717) is 5.56 Å². The van der Waals surface area contributed by atoms with Gasteiger partial charge in [0.1, 0.15) is 12.1 Å². The molecular formula is C23H24N2O3. The molecule has 0 unspecified atom stereocenters. The number of fused-ring (bicyclic) bond motifs is 2. The lowest BCUT2D eigenvalue weighted by molar-refractivity contribution is -0.155. The fourth-order valence-corrected chi connectivity index (χ4v) is 3.69. The lowest BCUT2D eigenvalue weighted by atomic mass is 9.86. The summed E-state index contributed by atoms with van der Waals surface area (Å²) < 4.78 is 7.14. The van der Waals surface area contributed by atoms with Crippen molar-refractivity contribution in [2.45, 2.75) is 45.8 Å². The predicted octanol–water partition coefficient (Wildman–Crippen LogP) is 3.85. The van der Waals surface area contributed by atoms with Crippen molar-refractivity contribution in [1.29, 1.82) is 0 Å². The van der Waals surface area contributed by atoms with E-state index in [1.54, 1.807) is 10.8 Å². The Morgan fingerprint density at radius 1 is 1.04 bits per heavy atom. The SMILES string of the molecule is CC(C)(C)OC(=O)Cn1cc(C(N)=O)c2cc(-c3ccc4c(c3)CC4)ccc21. The first kappa shape index (κ1) is 18.3. The number of aryl methyl sites for hydroxylation is 2. The van der Waals surface area contributed by atoms with Gasteiger partial charge in [0, 0.05) is 17.1 Å². The van der Waals surface area contributed by atoms with Crippen LogP contribution >= 0.6 is 0 Å². The summed E-state index contributed by atoms with van der Waals surface area (Å²) in [5.41, 5.74) is 11.2. The highest BCUT2D eigenvalue weighted by molar-refractivity contribution is 6.07. The summed E-state index contributed by atoms with van der Waals surface area (Å²) >= 11 is 0. The molecule has 0 radical (unpaired) electrons. The first-order chi connectivity index (χ1) is 13.2. The Morgan fingerprint density at radius 2 is 1.71 bits per heavy atom. The topological polar surface area (TPSA) is 74.3 Å². The van der Waals surface area contributed by atoms with Crippen molar-refractivity contribution in [3.05, 3.63) is 59.3 Å². The Balaban J connectivity index is 1.73. The van der Waals surface area contributed by atoms with Crippen LogP contribution in [0.3, 0.4) is 0 Å². The van der Waals surface area contributed by atoms with E-state index >= 15 is 0 Å². The van der Waals surface area contributed by atoms with Crippen LogP contribution in [-0.4, -0.2) is 22.0 Å². The minimum absolute atomic E-state index is 0.0270. The molecule has 5 nitrogen and oxygen atoms in total. The normalized spacial score (nSPS) is 13.1. The first-order valence-corrected chi connectivity index (χ1v) is 9.48. The number of ether oxygens (including phenoxy) is 1. The number of rotatable bonds is 4. The maximum atomic E-state index is 12.3. The minimum Gasteiger partial charge on any atom is -0.459 e.